The van der Waals surface area contributed by atoms with Crippen LogP contribution in [0.25, 0.3) is 0 Å². The molecular weight excluding hydrogens is 677 g/mol. The van der Waals surface area contributed by atoms with E-state index in [1.54, 1.807) is 7.11 Å². The molecule has 2 heterocycles. The highest BCUT2D eigenvalue weighted by Crippen LogP contribution is 2.56. The Balaban J connectivity index is 1.71. The lowest BCUT2D eigenvalue weighted by Crippen LogP contribution is -2.52. The summed E-state index contributed by atoms with van der Waals surface area (Å²) < 4.78 is 50.0. The monoisotopic (exact) mass is 725 g/mol. The summed E-state index contributed by atoms with van der Waals surface area (Å²) in [6, 6.07) is -0.802. The van der Waals surface area contributed by atoms with E-state index in [9.17, 15) is 19.2 Å². The van der Waals surface area contributed by atoms with Crippen LogP contribution >= 0.6 is 15.3 Å². The van der Waals surface area contributed by atoms with Gasteiger partial charge in [0, 0.05) is 78.2 Å². The minimum atomic E-state index is -1.42. The number of methoxy groups -OCH3 is 1. The summed E-state index contributed by atoms with van der Waals surface area (Å²) in [5, 5.41) is 5.68. The van der Waals surface area contributed by atoms with Gasteiger partial charge in [0.1, 0.15) is 28.2 Å². The number of carbonyl (C=O) groups is 4. The number of hydrogen-bond acceptors (Lipinski definition) is 14. The molecule has 47 heavy (non-hydrogen) atoms. The van der Waals surface area contributed by atoms with Crippen LogP contribution in [-0.4, -0.2) is 127 Å². The van der Waals surface area contributed by atoms with Crippen LogP contribution in [0.4, 0.5) is 4.79 Å². The average Bonchev–Trinajstić information content (AvgIpc) is 2.99. The molecule has 2 amide bonds. The Hall–Kier alpha value is -1.55. The van der Waals surface area contributed by atoms with E-state index in [0.717, 1.165) is 0 Å². The lowest BCUT2D eigenvalue weighted by molar-refractivity contribution is -0.261. The molecule has 0 bridgehead atoms. The van der Waals surface area contributed by atoms with Crippen molar-refractivity contribution < 1.29 is 61.2 Å². The fraction of sp³-hybridized carbons (Fsp3) is 0.857. The fourth-order valence-corrected chi connectivity index (χ4v) is 9.30. The number of hydrogen-bond donors (Lipinski definition) is 2. The smallest absolute Gasteiger partial charge is 0.466 e. The van der Waals surface area contributed by atoms with Gasteiger partial charge >= 0.3 is 31.1 Å². The van der Waals surface area contributed by atoms with Gasteiger partial charge in [-0.3, -0.25) is 14.4 Å². The molecule has 0 aromatic carbocycles. The summed E-state index contributed by atoms with van der Waals surface area (Å²) in [7, 11) is 7.03. The Labute approximate surface area is 285 Å². The number of rotatable bonds is 20. The zero-order chi connectivity index (χ0) is 34.8. The average molecular weight is 726 g/mol. The molecule has 9 atom stereocenters. The molecule has 15 nitrogen and oxygen atoms in total. The van der Waals surface area contributed by atoms with Crippen LogP contribution in [0.5, 0.6) is 0 Å². The third kappa shape index (κ3) is 16.6. The third-order valence-electron chi connectivity index (χ3n) is 7.09. The molecule has 0 aliphatic carbocycles. The van der Waals surface area contributed by atoms with Crippen LogP contribution in [-0.2, 0) is 68.2 Å². The van der Waals surface area contributed by atoms with E-state index in [1.807, 2.05) is 0 Å². The minimum Gasteiger partial charge on any atom is -0.466 e. The number of nitrogens with one attached hydrogen (secondary N) is 2. The Kier molecular flexibility index (Phi) is 20.3. The Morgan fingerprint density at radius 2 is 1.64 bits per heavy atom. The topological polar surface area (TPSA) is 175 Å². The van der Waals surface area contributed by atoms with Crippen LogP contribution in [0.2, 0.25) is 0 Å². The molecular formula is C28H48BN2O13P2S+. The predicted octanol–water partition coefficient (Wildman–Crippen LogP) is 2.54. The SMILES string of the molecule is [B]C1OC(COC)C[P@](O[P+](=S)OC)[C@@H]1CCCNC(=O)NCCCCO[C@H]1C[C@@H](OC(C)=O)[C@@H](OC(C)=O)[C@@H](CCOC(C)=O)O1. The highest BCUT2D eigenvalue weighted by Gasteiger charge is 2.44. The lowest BCUT2D eigenvalue weighted by Gasteiger charge is -2.40. The van der Waals surface area contributed by atoms with E-state index in [0.29, 0.717) is 58.1 Å². The van der Waals surface area contributed by atoms with Gasteiger partial charge in [0.15, 0.2) is 12.4 Å². The second kappa shape index (κ2) is 23.0. The van der Waals surface area contributed by atoms with Crippen LogP contribution in [0.3, 0.4) is 0 Å². The zero-order valence-corrected chi connectivity index (χ0v) is 30.3. The lowest BCUT2D eigenvalue weighted by atomic mass is 9.93. The first-order chi connectivity index (χ1) is 22.4. The summed E-state index contributed by atoms with van der Waals surface area (Å²) in [5.74, 6) is -1.55. The van der Waals surface area contributed by atoms with E-state index in [-0.39, 0.29) is 37.2 Å². The maximum absolute atomic E-state index is 12.3. The van der Waals surface area contributed by atoms with Gasteiger partial charge in [-0.1, -0.05) is 0 Å². The normalized spacial score (nSPS) is 27.7. The summed E-state index contributed by atoms with van der Waals surface area (Å²) in [6.07, 6.45) is 0.370. The van der Waals surface area contributed by atoms with Crippen molar-refractivity contribution in [2.45, 2.75) is 102 Å². The Bertz CT molecular complexity index is 1020. The molecule has 2 rings (SSSR count). The van der Waals surface area contributed by atoms with Crippen molar-refractivity contribution in [3.8, 4) is 0 Å². The van der Waals surface area contributed by atoms with Crippen molar-refractivity contribution >= 4 is 58.9 Å². The summed E-state index contributed by atoms with van der Waals surface area (Å²) in [6.45, 7) is 5.44. The van der Waals surface area contributed by atoms with Crippen LogP contribution < -0.4 is 10.6 Å². The Morgan fingerprint density at radius 3 is 2.28 bits per heavy atom. The number of unbranched alkanes of at least 4 members (excludes halogenated alkanes) is 1. The highest BCUT2D eigenvalue weighted by molar-refractivity contribution is 8.02. The van der Waals surface area contributed by atoms with E-state index in [2.05, 4.69) is 10.6 Å². The second-order valence-electron chi connectivity index (χ2n) is 10.9. The molecule has 0 spiro atoms. The number of amides is 2. The van der Waals surface area contributed by atoms with Crippen molar-refractivity contribution in [3.63, 3.8) is 0 Å². The number of urea groups is 1. The van der Waals surface area contributed by atoms with Gasteiger partial charge in [0.2, 0.25) is 11.8 Å². The largest absolute Gasteiger partial charge is 0.524 e. The van der Waals surface area contributed by atoms with Gasteiger partial charge in [-0.25, -0.2) is 4.79 Å². The van der Waals surface area contributed by atoms with E-state index >= 15 is 0 Å². The number of carbonyl (C=O) groups excluding carboxylic acids is 4. The molecule has 266 valence electrons. The summed E-state index contributed by atoms with van der Waals surface area (Å²) in [5.41, 5.74) is -0.0415. The number of ether oxygens (including phenoxy) is 7. The summed E-state index contributed by atoms with van der Waals surface area (Å²) in [4.78, 5) is 46.9. The number of esters is 3. The molecule has 2 saturated heterocycles. The molecule has 0 aromatic heterocycles. The molecule has 2 aliphatic rings. The first-order valence-electron chi connectivity index (χ1n) is 15.6. The maximum Gasteiger partial charge on any atom is 0.524 e. The van der Waals surface area contributed by atoms with Crippen LogP contribution in [0, 0.1) is 0 Å². The van der Waals surface area contributed by atoms with Crippen molar-refractivity contribution in [2.75, 3.05) is 53.3 Å². The van der Waals surface area contributed by atoms with Crippen molar-refractivity contribution in [3.05, 3.63) is 0 Å². The molecule has 3 unspecified atom stereocenters. The molecule has 2 N–H and O–H groups in total. The van der Waals surface area contributed by atoms with Gasteiger partial charge < -0.3 is 43.8 Å². The van der Waals surface area contributed by atoms with E-state index in [1.165, 1.54) is 27.9 Å². The molecule has 0 aromatic rings. The second-order valence-corrected chi connectivity index (χ2v) is 15.1. The molecule has 2 aliphatic heterocycles. The first kappa shape index (κ1) is 41.6. The van der Waals surface area contributed by atoms with Crippen LogP contribution in [0.15, 0.2) is 0 Å². The van der Waals surface area contributed by atoms with Gasteiger partial charge in [-0.05, 0) is 25.7 Å². The van der Waals surface area contributed by atoms with Crippen LogP contribution in [0.1, 0.15) is 59.3 Å². The quantitative estimate of drug-likeness (QED) is 0.0616. The van der Waals surface area contributed by atoms with Crippen molar-refractivity contribution in [1.82, 2.24) is 10.6 Å². The molecule has 2 radical (unpaired) electrons. The predicted molar refractivity (Wildman–Crippen MR) is 176 cm³/mol. The van der Waals surface area contributed by atoms with Gasteiger partial charge in [-0.2, -0.15) is 0 Å². The van der Waals surface area contributed by atoms with E-state index in [4.69, 9.17) is 61.6 Å². The minimum absolute atomic E-state index is 0.0308. The van der Waals surface area contributed by atoms with Crippen molar-refractivity contribution in [2.24, 2.45) is 0 Å². The molecule has 2 fully saturated rings. The van der Waals surface area contributed by atoms with Crippen molar-refractivity contribution in [1.29, 1.82) is 0 Å². The Morgan fingerprint density at radius 1 is 0.936 bits per heavy atom. The highest BCUT2D eigenvalue weighted by atomic mass is 32.4. The standard InChI is InChI=1S/C28H47BN2O13P2S/c1-18(32)38-14-10-22-26(41-20(3)34)23(40-19(2)33)15-25(43-22)39-13-7-6-11-30-28(35)31-12-8-9-24-27(29)42-21(16-36-4)17-45(24)44-46(47)37-5/h21-27H,6-17H2,1-5H3,(H-,30,31,35)/p+1/t21?,22-,23-,24-,25-,26+,27?,45+/m1/s1. The van der Waals surface area contributed by atoms with E-state index < -0.39 is 63.8 Å². The zero-order valence-electron chi connectivity index (χ0n) is 27.7. The molecule has 0 saturated carbocycles. The summed E-state index contributed by atoms with van der Waals surface area (Å²) >= 11 is 5.24. The fourth-order valence-electron chi connectivity index (χ4n) is 5.10. The molecule has 19 heteroatoms. The third-order valence-corrected chi connectivity index (χ3v) is 11.9. The van der Waals surface area contributed by atoms with Gasteiger partial charge in [0.25, 0.3) is 0 Å². The van der Waals surface area contributed by atoms with Gasteiger partial charge in [0.05, 0.1) is 26.4 Å². The van der Waals surface area contributed by atoms with Gasteiger partial charge in [-0.15, -0.1) is 8.83 Å². The first-order valence-corrected chi connectivity index (χ1v) is 19.3. The maximum atomic E-state index is 12.3.